The summed E-state index contributed by atoms with van der Waals surface area (Å²) in [6.45, 7) is 5.87. The molecule has 37 heavy (non-hydrogen) atoms. The second kappa shape index (κ2) is 9.22. The molecule has 180 valence electrons. The van der Waals surface area contributed by atoms with Gasteiger partial charge in [-0.1, -0.05) is 19.6 Å². The van der Waals surface area contributed by atoms with Crippen molar-refractivity contribution in [1.29, 1.82) is 0 Å². The second-order valence-electron chi connectivity index (χ2n) is 8.23. The lowest BCUT2D eigenvalue weighted by Gasteiger charge is -2.32. The summed E-state index contributed by atoms with van der Waals surface area (Å²) in [5.41, 5.74) is 9.83. The van der Waals surface area contributed by atoms with Crippen LogP contribution >= 0.6 is 0 Å². The molecule has 0 fully saturated rings. The highest BCUT2D eigenvalue weighted by atomic mass is 15.4. The summed E-state index contributed by atoms with van der Waals surface area (Å²) in [6.07, 6.45) is 20.4. The van der Waals surface area contributed by atoms with E-state index in [2.05, 4.69) is 31.8 Å². The van der Waals surface area contributed by atoms with E-state index in [0.29, 0.717) is 17.7 Å². The molecule has 1 unspecified atom stereocenters. The van der Waals surface area contributed by atoms with Crippen molar-refractivity contribution >= 4 is 41.3 Å². The molecule has 0 saturated carbocycles. The van der Waals surface area contributed by atoms with Gasteiger partial charge in [0.2, 0.25) is 11.9 Å². The third-order valence-electron chi connectivity index (χ3n) is 6.09. The number of rotatable bonds is 2. The van der Waals surface area contributed by atoms with Crippen LogP contribution in [0.2, 0.25) is 0 Å². The minimum absolute atomic E-state index is 0.0358. The van der Waals surface area contributed by atoms with Gasteiger partial charge in [-0.25, -0.2) is 0 Å². The molecule has 1 atom stereocenters. The normalized spacial score (nSPS) is 17.9. The number of aromatic nitrogens is 5. The van der Waals surface area contributed by atoms with Crippen LogP contribution in [0.5, 0.6) is 0 Å². The Morgan fingerprint density at radius 3 is 2.46 bits per heavy atom. The highest BCUT2D eigenvalue weighted by molar-refractivity contribution is 6.13. The molecule has 0 aromatic carbocycles. The number of anilines is 4. The number of pyridine rings is 2. The van der Waals surface area contributed by atoms with E-state index in [4.69, 9.17) is 15.0 Å². The van der Waals surface area contributed by atoms with Gasteiger partial charge in [0.15, 0.2) is 0 Å². The molecule has 4 aliphatic rings. The second-order valence-corrected chi connectivity index (χ2v) is 8.23. The first-order chi connectivity index (χ1) is 18.3. The Kier molecular flexibility index (Phi) is 5.59. The van der Waals surface area contributed by atoms with Crippen molar-refractivity contribution in [1.82, 2.24) is 24.9 Å². The van der Waals surface area contributed by atoms with Crippen molar-refractivity contribution in [3.63, 3.8) is 0 Å². The average Bonchev–Trinajstić information content (AvgIpc) is 3.28. The SMILES string of the molecule is CC.Cc1nc(N2C3=C=C(C=NC=C3)c3cnccc32)nc(N2C3=CC(C=NC=C3)c3cnccc32)n1. The fraction of sp³-hybridized carbons (Fsp3) is 0.143. The fourth-order valence-corrected chi connectivity index (χ4v) is 4.58. The van der Waals surface area contributed by atoms with Gasteiger partial charge in [0, 0.05) is 77.9 Å². The van der Waals surface area contributed by atoms with Crippen molar-refractivity contribution in [3.8, 4) is 0 Å². The maximum absolute atomic E-state index is 4.96. The summed E-state index contributed by atoms with van der Waals surface area (Å²) in [5.74, 6) is 1.63. The van der Waals surface area contributed by atoms with Gasteiger partial charge < -0.3 is 0 Å². The zero-order valence-corrected chi connectivity index (χ0v) is 20.6. The van der Waals surface area contributed by atoms with Gasteiger partial charge in [-0.3, -0.25) is 29.8 Å². The number of allylic oxidation sites excluding steroid dienone is 3. The standard InChI is InChI=1S/C26H17N9.C2H6/c1-16-31-25(34-19-2-6-27-12-17(10-19)21-14-29-8-4-23(21)34)33-26(32-16)35-20-3-7-28-13-18(11-20)22-15-30-9-5-24(22)35;1-2/h2-10,12-15,17H,1H3;1-2H3. The third-order valence-corrected chi connectivity index (χ3v) is 6.09. The number of nitrogens with zero attached hydrogens (tertiary/aromatic N) is 9. The van der Waals surface area contributed by atoms with Gasteiger partial charge >= 0.3 is 0 Å². The molecule has 0 radical (unpaired) electrons. The molecular formula is C28H23N9. The Morgan fingerprint density at radius 2 is 1.59 bits per heavy atom. The predicted octanol–water partition coefficient (Wildman–Crippen LogP) is 5.33. The molecule has 3 aromatic rings. The number of hydrogen-bond acceptors (Lipinski definition) is 9. The van der Waals surface area contributed by atoms with E-state index >= 15 is 0 Å². The van der Waals surface area contributed by atoms with Crippen molar-refractivity contribution in [2.45, 2.75) is 26.7 Å². The van der Waals surface area contributed by atoms with Crippen molar-refractivity contribution in [2.75, 3.05) is 9.80 Å². The molecular weight excluding hydrogens is 462 g/mol. The van der Waals surface area contributed by atoms with E-state index in [1.807, 2.05) is 73.5 Å². The zero-order valence-electron chi connectivity index (χ0n) is 20.6. The van der Waals surface area contributed by atoms with Crippen LogP contribution in [0.15, 0.2) is 94.7 Å². The maximum Gasteiger partial charge on any atom is 0.240 e. The highest BCUT2D eigenvalue weighted by Crippen LogP contribution is 2.42. The van der Waals surface area contributed by atoms with E-state index in [9.17, 15) is 0 Å². The Hall–Kier alpha value is -5.01. The van der Waals surface area contributed by atoms with Gasteiger partial charge in [-0.15, -0.1) is 0 Å². The minimum atomic E-state index is 0.0358. The summed E-state index contributed by atoms with van der Waals surface area (Å²) in [5, 5.41) is 0. The first kappa shape index (κ1) is 22.5. The molecule has 4 aliphatic heterocycles. The highest BCUT2D eigenvalue weighted by Gasteiger charge is 2.31. The number of hydrogen-bond donors (Lipinski definition) is 0. The quantitative estimate of drug-likeness (QED) is 0.453. The average molecular weight is 486 g/mol. The molecule has 7 heterocycles. The van der Waals surface area contributed by atoms with Gasteiger partial charge in [0.25, 0.3) is 0 Å². The molecule has 7 rings (SSSR count). The number of fused-ring (bicyclic) bond motifs is 5. The van der Waals surface area contributed by atoms with Crippen LogP contribution in [0.3, 0.4) is 0 Å². The largest absolute Gasteiger partial charge is 0.279 e. The molecule has 9 heteroatoms. The summed E-state index contributed by atoms with van der Waals surface area (Å²) in [6, 6.07) is 3.92. The molecule has 0 spiro atoms. The van der Waals surface area contributed by atoms with Crippen LogP contribution in [0.25, 0.3) is 5.57 Å². The monoisotopic (exact) mass is 485 g/mol. The van der Waals surface area contributed by atoms with Gasteiger partial charge in [0.05, 0.1) is 17.1 Å². The molecule has 0 aliphatic carbocycles. The smallest absolute Gasteiger partial charge is 0.240 e. The van der Waals surface area contributed by atoms with Gasteiger partial charge in [0.1, 0.15) is 5.82 Å². The first-order valence-electron chi connectivity index (χ1n) is 12.1. The van der Waals surface area contributed by atoms with Crippen molar-refractivity contribution in [2.24, 2.45) is 9.98 Å². The van der Waals surface area contributed by atoms with E-state index in [1.54, 1.807) is 31.0 Å². The summed E-state index contributed by atoms with van der Waals surface area (Å²) in [4.78, 5) is 35.8. The molecule has 3 aromatic heterocycles. The molecule has 9 nitrogen and oxygen atoms in total. The Balaban J connectivity index is 0.00000123. The Labute approximate surface area is 214 Å². The lowest BCUT2D eigenvalue weighted by molar-refractivity contribution is 0.901. The van der Waals surface area contributed by atoms with Gasteiger partial charge in [-0.05, 0) is 37.3 Å². The van der Waals surface area contributed by atoms with Crippen LogP contribution in [0, 0.1) is 6.92 Å². The first-order valence-corrected chi connectivity index (χ1v) is 12.1. The molecule has 0 N–H and O–H groups in total. The molecule has 4 bridgehead atoms. The fourth-order valence-electron chi connectivity index (χ4n) is 4.58. The van der Waals surface area contributed by atoms with Crippen LogP contribution in [0.4, 0.5) is 23.3 Å². The van der Waals surface area contributed by atoms with E-state index in [-0.39, 0.29) is 5.92 Å². The topological polar surface area (TPSA) is 95.7 Å². The lowest BCUT2D eigenvalue weighted by Crippen LogP contribution is -2.27. The zero-order chi connectivity index (χ0) is 25.4. The Morgan fingerprint density at radius 1 is 0.838 bits per heavy atom. The van der Waals surface area contributed by atoms with Crippen LogP contribution < -0.4 is 9.80 Å². The summed E-state index contributed by atoms with van der Waals surface area (Å²) < 4.78 is 0. The van der Waals surface area contributed by atoms with Crippen LogP contribution in [0.1, 0.15) is 36.7 Å². The summed E-state index contributed by atoms with van der Waals surface area (Å²) >= 11 is 0. The number of aryl methyl sites for hydroxylation is 1. The minimum Gasteiger partial charge on any atom is -0.279 e. The van der Waals surface area contributed by atoms with Crippen molar-refractivity contribution in [3.05, 3.63) is 102 Å². The van der Waals surface area contributed by atoms with Crippen molar-refractivity contribution < 1.29 is 0 Å². The van der Waals surface area contributed by atoms with E-state index in [0.717, 1.165) is 39.5 Å². The third kappa shape index (κ3) is 3.78. The van der Waals surface area contributed by atoms with E-state index in [1.165, 1.54) is 0 Å². The van der Waals surface area contributed by atoms with Crippen LogP contribution in [-0.4, -0.2) is 37.3 Å². The maximum atomic E-state index is 4.96. The molecule has 0 amide bonds. The Bertz CT molecular complexity index is 1620. The van der Waals surface area contributed by atoms with Crippen LogP contribution in [-0.2, 0) is 0 Å². The number of aliphatic imine (C=N–C) groups is 2. The molecule has 0 saturated heterocycles. The predicted molar refractivity (Wildman–Crippen MR) is 145 cm³/mol. The van der Waals surface area contributed by atoms with E-state index < -0.39 is 0 Å². The van der Waals surface area contributed by atoms with Gasteiger partial charge in [-0.2, -0.15) is 15.0 Å². The lowest BCUT2D eigenvalue weighted by atomic mass is 9.95. The summed E-state index contributed by atoms with van der Waals surface area (Å²) in [7, 11) is 0.